The SMILES string of the molecule is O=S(=O)(Nc1cc(Cl)cnc1C(O)c1ccncc1)c1ccc(Cl)c(C(F)(F)F)c1. The Morgan fingerprint density at radius 3 is 2.37 bits per heavy atom. The normalized spacial score (nSPS) is 13.1. The summed E-state index contributed by atoms with van der Waals surface area (Å²) in [6, 6.07) is 6.36. The molecule has 0 aliphatic rings. The second kappa shape index (κ2) is 8.38. The molecular weight excluding hydrogens is 466 g/mol. The number of rotatable bonds is 5. The van der Waals surface area contributed by atoms with Crippen LogP contribution in [-0.4, -0.2) is 23.5 Å². The predicted octanol–water partition coefficient (Wildman–Crippen LogP) is 4.68. The number of nitrogens with one attached hydrogen (secondary N) is 1. The highest BCUT2D eigenvalue weighted by Gasteiger charge is 2.34. The van der Waals surface area contributed by atoms with Crippen molar-refractivity contribution in [3.8, 4) is 0 Å². The van der Waals surface area contributed by atoms with Crippen molar-refractivity contribution in [1.29, 1.82) is 0 Å². The lowest BCUT2D eigenvalue weighted by atomic mass is 10.1. The van der Waals surface area contributed by atoms with Crippen LogP contribution in [0.4, 0.5) is 18.9 Å². The van der Waals surface area contributed by atoms with E-state index < -0.39 is 37.8 Å². The highest BCUT2D eigenvalue weighted by molar-refractivity contribution is 7.92. The number of hydrogen-bond acceptors (Lipinski definition) is 5. The second-order valence-electron chi connectivity index (χ2n) is 6.01. The third-order valence-corrected chi connectivity index (χ3v) is 5.86. The van der Waals surface area contributed by atoms with Crippen LogP contribution in [0.25, 0.3) is 0 Å². The van der Waals surface area contributed by atoms with Gasteiger partial charge in [-0.2, -0.15) is 13.2 Å². The van der Waals surface area contributed by atoms with Crippen LogP contribution in [0.1, 0.15) is 22.9 Å². The molecular formula is C18H12Cl2F3N3O3S. The summed E-state index contributed by atoms with van der Waals surface area (Å²) in [5.41, 5.74) is -1.23. The summed E-state index contributed by atoms with van der Waals surface area (Å²) in [4.78, 5) is 7.12. The Balaban J connectivity index is 2.03. The van der Waals surface area contributed by atoms with E-state index in [2.05, 4.69) is 14.7 Å². The highest BCUT2D eigenvalue weighted by atomic mass is 35.5. The number of alkyl halides is 3. The molecule has 1 aromatic carbocycles. The average Bonchev–Trinajstić information content (AvgIpc) is 2.67. The van der Waals surface area contributed by atoms with Gasteiger partial charge in [0.2, 0.25) is 0 Å². The molecule has 6 nitrogen and oxygen atoms in total. The van der Waals surface area contributed by atoms with Gasteiger partial charge in [-0.05, 0) is 42.0 Å². The van der Waals surface area contributed by atoms with Crippen LogP contribution in [0.15, 0.2) is 59.9 Å². The molecule has 3 rings (SSSR count). The van der Waals surface area contributed by atoms with E-state index in [-0.39, 0.29) is 16.4 Å². The summed E-state index contributed by atoms with van der Waals surface area (Å²) in [6.07, 6.45) is -2.15. The van der Waals surface area contributed by atoms with Gasteiger partial charge in [0.15, 0.2) is 0 Å². The van der Waals surface area contributed by atoms with Gasteiger partial charge < -0.3 is 5.11 Å². The van der Waals surface area contributed by atoms with Gasteiger partial charge >= 0.3 is 6.18 Å². The molecule has 0 spiro atoms. The molecule has 0 amide bonds. The van der Waals surface area contributed by atoms with Gasteiger partial charge in [-0.1, -0.05) is 23.2 Å². The third kappa shape index (κ3) is 4.84. The Kier molecular flexibility index (Phi) is 6.23. The molecule has 12 heteroatoms. The van der Waals surface area contributed by atoms with E-state index in [1.807, 2.05) is 0 Å². The van der Waals surface area contributed by atoms with Gasteiger partial charge in [-0.25, -0.2) is 8.42 Å². The van der Waals surface area contributed by atoms with E-state index >= 15 is 0 Å². The van der Waals surface area contributed by atoms with Crippen molar-refractivity contribution in [1.82, 2.24) is 9.97 Å². The van der Waals surface area contributed by atoms with Crippen LogP contribution in [0.2, 0.25) is 10.0 Å². The fourth-order valence-electron chi connectivity index (χ4n) is 2.55. The largest absolute Gasteiger partial charge is 0.417 e. The molecule has 0 saturated carbocycles. The third-order valence-electron chi connectivity index (χ3n) is 3.96. The lowest BCUT2D eigenvalue weighted by molar-refractivity contribution is -0.137. The summed E-state index contributed by atoms with van der Waals surface area (Å²) in [5.74, 6) is 0. The van der Waals surface area contributed by atoms with E-state index in [0.717, 1.165) is 12.1 Å². The number of halogens is 5. The van der Waals surface area contributed by atoms with Crippen LogP contribution < -0.4 is 4.72 Å². The Bertz CT molecular complexity index is 1180. The van der Waals surface area contributed by atoms with Gasteiger partial charge in [-0.15, -0.1) is 0 Å². The summed E-state index contributed by atoms with van der Waals surface area (Å²) in [6.45, 7) is 0. The first-order valence-corrected chi connectivity index (χ1v) is 10.4. The highest BCUT2D eigenvalue weighted by Crippen LogP contribution is 2.36. The number of anilines is 1. The van der Waals surface area contributed by atoms with E-state index in [0.29, 0.717) is 11.6 Å². The zero-order valence-corrected chi connectivity index (χ0v) is 17.1. The first kappa shape index (κ1) is 22.3. The Labute approximate surface area is 179 Å². The number of nitrogens with zero attached hydrogens (tertiary/aromatic N) is 2. The van der Waals surface area contributed by atoms with Gasteiger partial charge in [0.1, 0.15) is 6.10 Å². The van der Waals surface area contributed by atoms with Crippen molar-refractivity contribution in [3.63, 3.8) is 0 Å². The minimum atomic E-state index is -4.84. The fraction of sp³-hybridized carbons (Fsp3) is 0.111. The van der Waals surface area contributed by atoms with Crippen molar-refractivity contribution in [3.05, 3.63) is 81.9 Å². The molecule has 2 heterocycles. The minimum absolute atomic E-state index is 0.0467. The molecule has 0 aliphatic heterocycles. The summed E-state index contributed by atoms with van der Waals surface area (Å²) in [5, 5.41) is 9.99. The quantitative estimate of drug-likeness (QED) is 0.556. The number of aliphatic hydroxyl groups excluding tert-OH is 1. The van der Waals surface area contributed by atoms with E-state index in [4.69, 9.17) is 23.2 Å². The van der Waals surface area contributed by atoms with Crippen LogP contribution in [0, 0.1) is 0 Å². The van der Waals surface area contributed by atoms with Crippen molar-refractivity contribution in [2.75, 3.05) is 4.72 Å². The maximum absolute atomic E-state index is 13.1. The molecule has 158 valence electrons. The van der Waals surface area contributed by atoms with Crippen LogP contribution >= 0.6 is 23.2 Å². The number of sulfonamides is 1. The second-order valence-corrected chi connectivity index (χ2v) is 8.54. The molecule has 30 heavy (non-hydrogen) atoms. The van der Waals surface area contributed by atoms with Gasteiger partial charge in [-0.3, -0.25) is 14.7 Å². The molecule has 0 bridgehead atoms. The molecule has 1 atom stereocenters. The van der Waals surface area contributed by atoms with E-state index in [1.165, 1.54) is 36.8 Å². The van der Waals surface area contributed by atoms with Crippen molar-refractivity contribution in [2.24, 2.45) is 0 Å². The fourth-order valence-corrected chi connectivity index (χ4v) is 4.02. The first-order chi connectivity index (χ1) is 14.0. The van der Waals surface area contributed by atoms with E-state index in [1.54, 1.807) is 0 Å². The topological polar surface area (TPSA) is 92.2 Å². The zero-order chi connectivity index (χ0) is 22.1. The maximum Gasteiger partial charge on any atom is 0.417 e. The number of benzene rings is 1. The van der Waals surface area contributed by atoms with E-state index in [9.17, 15) is 26.7 Å². The number of aromatic nitrogens is 2. The lowest BCUT2D eigenvalue weighted by Crippen LogP contribution is -2.17. The molecule has 0 aliphatic carbocycles. The summed E-state index contributed by atoms with van der Waals surface area (Å²) < 4.78 is 66.9. The summed E-state index contributed by atoms with van der Waals surface area (Å²) in [7, 11) is -4.50. The number of hydrogen-bond donors (Lipinski definition) is 2. The van der Waals surface area contributed by atoms with Crippen LogP contribution in [0.3, 0.4) is 0 Å². The summed E-state index contributed by atoms with van der Waals surface area (Å²) >= 11 is 11.4. The standard InChI is InChI=1S/C18H12Cl2F3N3O3S/c19-11-7-15(16(25-9-11)17(27)10-3-5-24-6-4-10)26-30(28,29)12-1-2-14(20)13(8-12)18(21,22)23/h1-9,17,26-27H. The molecule has 2 N–H and O–H groups in total. The van der Waals surface area contributed by atoms with Crippen molar-refractivity contribution in [2.45, 2.75) is 17.2 Å². The zero-order valence-electron chi connectivity index (χ0n) is 14.7. The molecule has 1 unspecified atom stereocenters. The average molecular weight is 478 g/mol. The van der Waals surface area contributed by atoms with Gasteiger partial charge in [0, 0.05) is 18.6 Å². The van der Waals surface area contributed by atoms with Gasteiger partial charge in [0.25, 0.3) is 10.0 Å². The molecule has 0 fully saturated rings. The first-order valence-electron chi connectivity index (χ1n) is 8.12. The number of pyridine rings is 2. The predicted molar refractivity (Wildman–Crippen MR) is 105 cm³/mol. The lowest BCUT2D eigenvalue weighted by Gasteiger charge is -2.17. The van der Waals surface area contributed by atoms with Crippen molar-refractivity contribution >= 4 is 38.9 Å². The minimum Gasteiger partial charge on any atom is -0.382 e. The molecule has 0 saturated heterocycles. The smallest absolute Gasteiger partial charge is 0.382 e. The Morgan fingerprint density at radius 1 is 1.07 bits per heavy atom. The van der Waals surface area contributed by atoms with Crippen LogP contribution in [-0.2, 0) is 16.2 Å². The number of aliphatic hydroxyl groups is 1. The van der Waals surface area contributed by atoms with Gasteiger partial charge in [0.05, 0.1) is 31.9 Å². The molecule has 0 radical (unpaired) electrons. The molecule has 3 aromatic rings. The molecule has 2 aromatic heterocycles. The van der Waals surface area contributed by atoms with Crippen LogP contribution in [0.5, 0.6) is 0 Å². The monoisotopic (exact) mass is 477 g/mol. The van der Waals surface area contributed by atoms with Crippen molar-refractivity contribution < 1.29 is 26.7 Å². The Morgan fingerprint density at radius 2 is 1.73 bits per heavy atom. The Hall–Kier alpha value is -2.40. The maximum atomic E-state index is 13.1.